The maximum absolute atomic E-state index is 11.9. The van der Waals surface area contributed by atoms with Gasteiger partial charge in [-0.25, -0.2) is 26.3 Å². The van der Waals surface area contributed by atoms with Crippen LogP contribution in [0.5, 0.6) is 0 Å². The lowest BCUT2D eigenvalue weighted by Gasteiger charge is -1.84. The van der Waals surface area contributed by atoms with Crippen molar-refractivity contribution in [3.8, 4) is 0 Å². The van der Waals surface area contributed by atoms with E-state index >= 15 is 0 Å². The summed E-state index contributed by atoms with van der Waals surface area (Å²) in [6, 6.07) is 13.7. The lowest BCUT2D eigenvalue weighted by atomic mass is 10.3. The highest BCUT2D eigenvalue weighted by molar-refractivity contribution is 5.75. The third-order valence-electron chi connectivity index (χ3n) is 2.36. The van der Waals surface area contributed by atoms with E-state index < -0.39 is 34.9 Å². The quantitative estimate of drug-likeness (QED) is 0.396. The van der Waals surface area contributed by atoms with Crippen LogP contribution in [-0.4, -0.2) is 17.4 Å². The van der Waals surface area contributed by atoms with Crippen molar-refractivity contribution in [2.75, 3.05) is 0 Å². The van der Waals surface area contributed by atoms with E-state index in [0.717, 1.165) is 18.2 Å². The second-order valence-corrected chi connectivity index (χ2v) is 4.32. The van der Waals surface area contributed by atoms with Crippen LogP contribution in [-0.2, 0) is 0 Å². The van der Waals surface area contributed by atoms with E-state index in [1.807, 2.05) is 0 Å². The van der Waals surface area contributed by atoms with Crippen LogP contribution in [0, 0.1) is 34.9 Å². The molecule has 25 heavy (non-hydrogen) atoms. The summed E-state index contributed by atoms with van der Waals surface area (Å²) in [5, 5.41) is 0. The van der Waals surface area contributed by atoms with Gasteiger partial charge >= 0.3 is 0 Å². The van der Waals surface area contributed by atoms with E-state index in [-0.39, 0.29) is 17.4 Å². The van der Waals surface area contributed by atoms with Gasteiger partial charge in [0.05, 0.1) is 0 Å². The monoisotopic (exact) mass is 372 g/mol. The number of benzene rings is 3. The Bertz CT molecular complexity index is 609. The van der Waals surface area contributed by atoms with Crippen LogP contribution in [0.15, 0.2) is 72.8 Å². The summed E-state index contributed by atoms with van der Waals surface area (Å²) in [7, 11) is 0. The van der Waals surface area contributed by atoms with Gasteiger partial charge in [-0.2, -0.15) is 0 Å². The number of halogens is 6. The lowest BCUT2D eigenvalue weighted by molar-refractivity contribution is 0.582. The molecule has 3 aromatic carbocycles. The van der Waals surface area contributed by atoms with Crippen molar-refractivity contribution in [2.24, 2.45) is 0 Å². The number of hydrogen-bond acceptors (Lipinski definition) is 0. The van der Waals surface area contributed by atoms with E-state index in [1.54, 1.807) is 0 Å². The Morgan fingerprint density at radius 2 is 0.520 bits per heavy atom. The van der Waals surface area contributed by atoms with Crippen LogP contribution in [0.3, 0.4) is 0 Å². The molecule has 0 atom stereocenters. The van der Waals surface area contributed by atoms with Crippen molar-refractivity contribution in [2.45, 2.75) is 0 Å². The molecule has 0 aliphatic carbocycles. The molecular formula is C18H15AlF6. The zero-order chi connectivity index (χ0) is 17.9. The highest BCUT2D eigenvalue weighted by atomic mass is 27.0. The molecule has 0 amide bonds. The fourth-order valence-corrected chi connectivity index (χ4v) is 1.38. The minimum Gasteiger partial charge on any atom is -0.207 e. The Balaban J connectivity index is 0.000000339. The molecule has 0 saturated carbocycles. The summed E-state index contributed by atoms with van der Waals surface area (Å²) in [4.78, 5) is 0. The average molecular weight is 372 g/mol. The predicted octanol–water partition coefficient (Wildman–Crippen LogP) is 4.71. The number of rotatable bonds is 0. The Hall–Kier alpha value is -2.23. The van der Waals surface area contributed by atoms with Crippen LogP contribution in [0.4, 0.5) is 26.3 Å². The zero-order valence-corrected chi connectivity index (χ0v) is 12.2. The van der Waals surface area contributed by atoms with Crippen molar-refractivity contribution < 1.29 is 26.3 Å². The van der Waals surface area contributed by atoms with Crippen molar-refractivity contribution in [1.29, 1.82) is 0 Å². The van der Waals surface area contributed by atoms with Crippen LogP contribution in [0.25, 0.3) is 0 Å². The van der Waals surface area contributed by atoms with E-state index in [9.17, 15) is 26.3 Å². The van der Waals surface area contributed by atoms with Gasteiger partial charge in [-0.1, -0.05) is 18.2 Å². The topological polar surface area (TPSA) is 0 Å². The molecule has 0 fully saturated rings. The van der Waals surface area contributed by atoms with Crippen molar-refractivity contribution in [3.05, 3.63) is 108 Å². The molecule has 0 aliphatic heterocycles. The smallest absolute Gasteiger partial charge is 0.187 e. The Labute approximate surface area is 151 Å². The highest BCUT2D eigenvalue weighted by Crippen LogP contribution is 2.00. The van der Waals surface area contributed by atoms with Gasteiger partial charge in [-0.15, -0.1) is 0 Å². The molecule has 7 heteroatoms. The Morgan fingerprint density at radius 3 is 0.600 bits per heavy atom. The van der Waals surface area contributed by atoms with E-state index in [1.165, 1.54) is 54.6 Å². The summed E-state index contributed by atoms with van der Waals surface area (Å²) in [6.07, 6.45) is 0. The van der Waals surface area contributed by atoms with Gasteiger partial charge in [-0.05, 0) is 36.4 Å². The maximum Gasteiger partial charge on any atom is 0.187 e. The van der Waals surface area contributed by atoms with E-state index in [0.29, 0.717) is 0 Å². The van der Waals surface area contributed by atoms with Gasteiger partial charge in [0.2, 0.25) is 0 Å². The normalized spacial score (nSPS) is 8.88. The maximum atomic E-state index is 11.9. The molecule has 0 aromatic heterocycles. The molecule has 0 bridgehead atoms. The molecule has 0 heterocycles. The standard InChI is InChI=1S/3C6H4F2.Al.3H/c3*7-5-2-1-3-6(8)4-5;;;;/h3*1-4H;;;;. The lowest BCUT2D eigenvalue weighted by Crippen LogP contribution is -1.73. The molecule has 0 N–H and O–H groups in total. The minimum absolute atomic E-state index is 0. The second-order valence-electron chi connectivity index (χ2n) is 4.32. The fraction of sp³-hybridized carbons (Fsp3) is 0. The van der Waals surface area contributed by atoms with Gasteiger partial charge in [-0.3, -0.25) is 0 Å². The summed E-state index contributed by atoms with van der Waals surface area (Å²) >= 11 is 0. The Kier molecular flexibility index (Phi) is 11.1. The van der Waals surface area contributed by atoms with Gasteiger partial charge in [0, 0.05) is 18.2 Å². The molecular weight excluding hydrogens is 357 g/mol. The first-order valence-electron chi connectivity index (χ1n) is 6.60. The Morgan fingerprint density at radius 1 is 0.360 bits per heavy atom. The fourth-order valence-electron chi connectivity index (χ4n) is 1.38. The molecule has 0 unspecified atom stereocenters. The molecule has 0 spiro atoms. The summed E-state index contributed by atoms with van der Waals surface area (Å²) < 4.78 is 71.6. The molecule has 0 nitrogen and oxygen atoms in total. The molecule has 0 saturated heterocycles. The van der Waals surface area contributed by atoms with Crippen LogP contribution in [0.1, 0.15) is 0 Å². The van der Waals surface area contributed by atoms with Gasteiger partial charge in [0.25, 0.3) is 0 Å². The van der Waals surface area contributed by atoms with Crippen LogP contribution < -0.4 is 0 Å². The summed E-state index contributed by atoms with van der Waals surface area (Å²) in [6.45, 7) is 0. The van der Waals surface area contributed by atoms with Crippen LogP contribution >= 0.6 is 0 Å². The predicted molar refractivity (Wildman–Crippen MR) is 89.0 cm³/mol. The first-order chi connectivity index (χ1) is 11.4. The molecule has 3 aromatic rings. The minimum atomic E-state index is -0.537. The molecule has 3 rings (SSSR count). The zero-order valence-electron chi connectivity index (χ0n) is 12.2. The SMILES string of the molecule is Fc1cccc(F)c1.Fc1cccc(F)c1.Fc1cccc(F)c1.[AlH3]. The largest absolute Gasteiger partial charge is 0.207 e. The van der Waals surface area contributed by atoms with Crippen molar-refractivity contribution >= 4 is 17.4 Å². The van der Waals surface area contributed by atoms with Gasteiger partial charge < -0.3 is 0 Å². The van der Waals surface area contributed by atoms with Crippen molar-refractivity contribution in [3.63, 3.8) is 0 Å². The van der Waals surface area contributed by atoms with Gasteiger partial charge in [0.15, 0.2) is 17.4 Å². The summed E-state index contributed by atoms with van der Waals surface area (Å²) in [5.41, 5.74) is 0. The first-order valence-corrected chi connectivity index (χ1v) is 6.60. The van der Waals surface area contributed by atoms with E-state index in [4.69, 9.17) is 0 Å². The van der Waals surface area contributed by atoms with Gasteiger partial charge in [0.1, 0.15) is 34.9 Å². The van der Waals surface area contributed by atoms with Crippen LogP contribution in [0.2, 0.25) is 0 Å². The van der Waals surface area contributed by atoms with E-state index in [2.05, 4.69) is 0 Å². The second kappa shape index (κ2) is 12.2. The first kappa shape index (κ1) is 22.8. The average Bonchev–Trinajstić information content (AvgIpc) is 2.47. The molecule has 0 radical (unpaired) electrons. The molecule has 132 valence electrons. The highest BCUT2D eigenvalue weighted by Gasteiger charge is 1.89. The summed E-state index contributed by atoms with van der Waals surface area (Å²) in [5.74, 6) is -3.22. The number of hydrogen-bond donors (Lipinski definition) is 0. The van der Waals surface area contributed by atoms with Crippen molar-refractivity contribution in [1.82, 2.24) is 0 Å². The molecule has 0 aliphatic rings. The third-order valence-corrected chi connectivity index (χ3v) is 2.36. The third kappa shape index (κ3) is 11.0.